The predicted molar refractivity (Wildman–Crippen MR) is 54.9 cm³/mol. The van der Waals surface area contributed by atoms with Crippen molar-refractivity contribution in [2.45, 2.75) is 54.1 Å². The van der Waals surface area contributed by atoms with E-state index < -0.39 is 6.51 Å². The molecule has 0 aliphatic carbocycles. The average molecular weight is 293 g/mol. The molecule has 14 heavy (non-hydrogen) atoms. The molecule has 0 saturated carbocycles. The Labute approximate surface area is 81.6 Å². The number of rotatable bonds is 1. The van der Waals surface area contributed by atoms with E-state index in [2.05, 4.69) is 22.9 Å². The van der Waals surface area contributed by atoms with Crippen LogP contribution in [0.4, 0.5) is 0 Å². The first-order valence-electron chi connectivity index (χ1n) is 6.26. The van der Waals surface area contributed by atoms with Crippen molar-refractivity contribution in [3.8, 4) is 0 Å². The van der Waals surface area contributed by atoms with Crippen LogP contribution in [0.25, 0.3) is 0 Å². The number of hydrogen-bond acceptors (Lipinski definition) is 0. The normalized spacial score (nSPS) is 148. The second-order valence-corrected chi connectivity index (χ2v) is 34.6. The van der Waals surface area contributed by atoms with E-state index >= 15 is 0 Å². The molecule has 76 valence electrons. The number of fused-ring (bicyclic) bond motifs is 10. The summed E-state index contributed by atoms with van der Waals surface area (Å²) in [7, 11) is 0. The molecule has 8 atom stereocenters. The summed E-state index contributed by atoms with van der Waals surface area (Å²) in [6.45, 7) is 0.104. The van der Waals surface area contributed by atoms with Gasteiger partial charge in [-0.3, -0.25) is 0 Å². The van der Waals surface area contributed by atoms with Crippen LogP contribution in [0.5, 0.6) is 0 Å². The van der Waals surface area contributed by atoms with Gasteiger partial charge in [0, 0.05) is 0 Å². The van der Waals surface area contributed by atoms with Crippen LogP contribution in [0.1, 0.15) is 6.92 Å². The molecule has 0 radical (unpaired) electrons. The van der Waals surface area contributed by atoms with Crippen LogP contribution in [0.15, 0.2) is 0 Å². The maximum absolute atomic E-state index is 3.98. The predicted octanol–water partition coefficient (Wildman–Crippen LogP) is 4.53. The van der Waals surface area contributed by atoms with Gasteiger partial charge in [-0.25, -0.2) is 0 Å². The van der Waals surface area contributed by atoms with Crippen LogP contribution in [-0.4, -0.2) is 5.33 Å². The van der Waals surface area contributed by atoms with Gasteiger partial charge in [-0.05, 0) is 0 Å². The Balaban J connectivity index is 2.01. The van der Waals surface area contributed by atoms with Crippen molar-refractivity contribution in [2.75, 3.05) is 5.33 Å². The Hall–Kier alpha value is 0.999. The van der Waals surface area contributed by atoms with Gasteiger partial charge in [-0.15, -0.1) is 0 Å². The molecule has 10 fully saturated rings. The Kier molecular flexibility index (Phi) is 0.125. The fourth-order valence-electron chi connectivity index (χ4n) is 18.5. The molecule has 10 aliphatic heterocycles. The minimum absolute atomic E-state index is 1.11. The van der Waals surface area contributed by atoms with Gasteiger partial charge in [0.15, 0.2) is 0 Å². The third-order valence-corrected chi connectivity index (χ3v) is 62.3. The molecule has 10 rings (SSSR count). The van der Waals surface area contributed by atoms with E-state index in [1.165, 1.54) is 43.9 Å². The monoisotopic (exact) mass is 292 g/mol. The molecular formula is C12H13BrFe. The van der Waals surface area contributed by atoms with E-state index in [4.69, 9.17) is 0 Å². The number of hydrogen-bond donors (Lipinski definition) is 0. The molecule has 2 heteroatoms. The molecule has 0 nitrogen and oxygen atoms in total. The first kappa shape index (κ1) is 5.10. The number of halogens is 1. The van der Waals surface area contributed by atoms with Gasteiger partial charge in [0.2, 0.25) is 0 Å². The summed E-state index contributed by atoms with van der Waals surface area (Å²) in [5.41, 5.74) is 0. The van der Waals surface area contributed by atoms with Gasteiger partial charge in [0.25, 0.3) is 0 Å². The fraction of sp³-hybridized carbons (Fsp3) is 1.00. The Morgan fingerprint density at radius 3 is 1.57 bits per heavy atom. The average Bonchev–Trinajstić information content (AvgIpc) is 3.10. The van der Waals surface area contributed by atoms with Crippen LogP contribution in [0.2, 0.25) is 47.2 Å². The zero-order valence-corrected chi connectivity index (χ0v) is 10.7. The van der Waals surface area contributed by atoms with E-state index in [0.29, 0.717) is 0 Å². The standard InChI is InChI=1S/C6H6Br.C6H7.Fe/c7-5-6-3-1-2-4-6;1-6-4-2-3-5-6;/h1-4H,5H2;2-5H,1H3;. The van der Waals surface area contributed by atoms with Crippen molar-refractivity contribution >= 4 is 15.9 Å². The summed E-state index contributed by atoms with van der Waals surface area (Å²) in [4.78, 5) is 11.9. The minimum atomic E-state index is -2.72. The second-order valence-electron chi connectivity index (χ2n) is 10.4. The fourth-order valence-corrected chi connectivity index (χ4v) is 102. The first-order chi connectivity index (χ1) is 6.49. The van der Waals surface area contributed by atoms with E-state index in [1.54, 1.807) is 0 Å². The van der Waals surface area contributed by atoms with Crippen LogP contribution in [0, 0.1) is 0 Å². The Bertz CT molecular complexity index is 921. The Morgan fingerprint density at radius 2 is 1.50 bits per heavy atom. The van der Waals surface area contributed by atoms with Crippen molar-refractivity contribution < 1.29 is 6.51 Å². The maximum atomic E-state index is 3.98. The van der Waals surface area contributed by atoms with E-state index in [1.807, 2.05) is 0 Å². The molecule has 10 saturated heterocycles. The van der Waals surface area contributed by atoms with Gasteiger partial charge in [0.1, 0.15) is 0 Å². The van der Waals surface area contributed by atoms with Gasteiger partial charge >= 0.3 is 81.9 Å². The summed E-state index contributed by atoms with van der Waals surface area (Å²) >= 11 is 3.98. The topological polar surface area (TPSA) is 0 Å². The van der Waals surface area contributed by atoms with Crippen LogP contribution < -0.4 is 0 Å². The summed E-state index contributed by atoms with van der Waals surface area (Å²) in [5, 5.41) is 1.48. The molecule has 0 bridgehead atoms. The quantitative estimate of drug-likeness (QED) is 0.492. The summed E-state index contributed by atoms with van der Waals surface area (Å²) in [6.07, 6.45) is 0. The van der Waals surface area contributed by atoms with Crippen LogP contribution >= 0.6 is 15.9 Å². The first-order valence-corrected chi connectivity index (χ1v) is 13.6. The zero-order valence-electron chi connectivity index (χ0n) is 8.06. The Morgan fingerprint density at radius 1 is 1.00 bits per heavy atom. The van der Waals surface area contributed by atoms with Crippen molar-refractivity contribution in [2.24, 2.45) is 0 Å². The van der Waals surface area contributed by atoms with E-state index in [9.17, 15) is 0 Å². The molecule has 8 unspecified atom stereocenters. The zero-order chi connectivity index (χ0) is 8.64. The van der Waals surface area contributed by atoms with Gasteiger partial charge < -0.3 is 0 Å². The molecule has 10 heterocycles. The SMILES string of the molecule is C[C]12[CH]3[CH]4[CH]5[CH]1[Fe]45321678[CH]2[CH]1[CH]6[C]7(CBr)[CH]28. The molecule has 0 aromatic heterocycles. The summed E-state index contributed by atoms with van der Waals surface area (Å²) in [6, 6.07) is 0. The summed E-state index contributed by atoms with van der Waals surface area (Å²) < 4.78 is 2.24. The molecular weight excluding hydrogens is 280 g/mol. The molecule has 0 aromatic carbocycles. The van der Waals surface area contributed by atoms with E-state index in [0.717, 1.165) is 8.63 Å². The molecule has 10 aliphatic rings. The molecule has 1 spiro atoms. The molecule has 0 aromatic rings. The van der Waals surface area contributed by atoms with Crippen molar-refractivity contribution in [1.82, 2.24) is 0 Å². The van der Waals surface area contributed by atoms with Crippen molar-refractivity contribution in [1.29, 1.82) is 0 Å². The third kappa shape index (κ3) is 0.0354. The van der Waals surface area contributed by atoms with Crippen LogP contribution in [0.3, 0.4) is 0 Å². The molecule has 0 N–H and O–H groups in total. The van der Waals surface area contributed by atoms with Crippen molar-refractivity contribution in [3.05, 3.63) is 0 Å². The third-order valence-electron chi connectivity index (χ3n) is 16.0. The van der Waals surface area contributed by atoms with Gasteiger partial charge in [-0.2, -0.15) is 0 Å². The number of alkyl halides is 1. The van der Waals surface area contributed by atoms with E-state index in [-0.39, 0.29) is 0 Å². The van der Waals surface area contributed by atoms with Crippen molar-refractivity contribution in [3.63, 3.8) is 0 Å². The van der Waals surface area contributed by atoms with Gasteiger partial charge in [0.05, 0.1) is 0 Å². The summed E-state index contributed by atoms with van der Waals surface area (Å²) in [5.74, 6) is 0. The second kappa shape index (κ2) is 0.343. The van der Waals surface area contributed by atoms with Crippen LogP contribution in [-0.2, 0) is 6.51 Å². The van der Waals surface area contributed by atoms with Gasteiger partial charge in [-0.1, -0.05) is 0 Å². The molecule has 0 amide bonds.